The Morgan fingerprint density at radius 1 is 1.44 bits per heavy atom. The summed E-state index contributed by atoms with van der Waals surface area (Å²) in [6.45, 7) is 4.25. The molecule has 0 aromatic carbocycles. The van der Waals surface area contributed by atoms with Gasteiger partial charge in [0, 0.05) is 19.3 Å². The molecule has 0 bridgehead atoms. The zero-order valence-electron chi connectivity index (χ0n) is 10.3. The molecule has 5 heteroatoms. The summed E-state index contributed by atoms with van der Waals surface area (Å²) in [7, 11) is 0. The van der Waals surface area contributed by atoms with E-state index in [-0.39, 0.29) is 12.2 Å². The molecule has 3 heterocycles. The van der Waals surface area contributed by atoms with Gasteiger partial charge < -0.3 is 19.2 Å². The normalized spacial score (nSPS) is 24.3. The number of nitrogens with one attached hydrogen (secondary N) is 1. The molecule has 1 saturated heterocycles. The first-order valence-corrected chi connectivity index (χ1v) is 6.14. The van der Waals surface area contributed by atoms with Gasteiger partial charge in [-0.15, -0.1) is 0 Å². The third kappa shape index (κ3) is 2.32. The van der Waals surface area contributed by atoms with Crippen molar-refractivity contribution in [3.63, 3.8) is 0 Å². The zero-order chi connectivity index (χ0) is 12.4. The lowest BCUT2D eigenvalue weighted by atomic mass is 10.2. The number of morpholine rings is 1. The van der Waals surface area contributed by atoms with E-state index in [0.717, 1.165) is 24.1 Å². The van der Waals surface area contributed by atoms with E-state index >= 15 is 0 Å². The number of aromatic nitrogens is 1. The molecular formula is C13H16N2O3. The SMILES string of the molecule is CC1CNCC(COc2nccc3occc23)O1. The highest BCUT2D eigenvalue weighted by atomic mass is 16.5. The zero-order valence-corrected chi connectivity index (χ0v) is 10.3. The van der Waals surface area contributed by atoms with Crippen LogP contribution in [0.15, 0.2) is 29.0 Å². The third-order valence-electron chi connectivity index (χ3n) is 2.98. The van der Waals surface area contributed by atoms with Gasteiger partial charge in [0.2, 0.25) is 5.88 Å². The van der Waals surface area contributed by atoms with Gasteiger partial charge in [-0.2, -0.15) is 0 Å². The molecule has 0 amide bonds. The summed E-state index contributed by atoms with van der Waals surface area (Å²) < 4.78 is 16.8. The van der Waals surface area contributed by atoms with Crippen LogP contribution in [-0.4, -0.2) is 36.9 Å². The summed E-state index contributed by atoms with van der Waals surface area (Å²) in [6.07, 6.45) is 3.62. The van der Waals surface area contributed by atoms with Crippen molar-refractivity contribution in [2.75, 3.05) is 19.7 Å². The second-order valence-electron chi connectivity index (χ2n) is 4.49. The highest BCUT2D eigenvalue weighted by Crippen LogP contribution is 2.23. The Labute approximate surface area is 105 Å². The molecule has 2 aromatic heterocycles. The lowest BCUT2D eigenvalue weighted by Crippen LogP contribution is -2.45. The molecule has 1 aliphatic rings. The predicted molar refractivity (Wildman–Crippen MR) is 66.7 cm³/mol. The van der Waals surface area contributed by atoms with Gasteiger partial charge in [-0.05, 0) is 19.1 Å². The maximum absolute atomic E-state index is 5.76. The smallest absolute Gasteiger partial charge is 0.224 e. The average molecular weight is 248 g/mol. The van der Waals surface area contributed by atoms with Crippen LogP contribution in [0.2, 0.25) is 0 Å². The quantitative estimate of drug-likeness (QED) is 0.893. The molecule has 96 valence electrons. The molecule has 18 heavy (non-hydrogen) atoms. The molecule has 1 fully saturated rings. The molecule has 2 unspecified atom stereocenters. The largest absolute Gasteiger partial charge is 0.474 e. The van der Waals surface area contributed by atoms with Crippen molar-refractivity contribution >= 4 is 11.0 Å². The standard InChI is InChI=1S/C13H16N2O3/c1-9-6-14-7-10(18-9)8-17-13-11-3-5-16-12(11)2-4-15-13/h2-5,9-10,14H,6-8H2,1H3. The van der Waals surface area contributed by atoms with Gasteiger partial charge in [0.15, 0.2) is 0 Å². The fourth-order valence-electron chi connectivity index (χ4n) is 2.13. The molecule has 0 spiro atoms. The van der Waals surface area contributed by atoms with Crippen LogP contribution in [0.5, 0.6) is 5.88 Å². The molecule has 1 aliphatic heterocycles. The van der Waals surface area contributed by atoms with E-state index in [1.165, 1.54) is 0 Å². The average Bonchev–Trinajstić information content (AvgIpc) is 2.85. The van der Waals surface area contributed by atoms with Gasteiger partial charge in [-0.3, -0.25) is 0 Å². The molecule has 2 aromatic rings. The molecule has 1 N–H and O–H groups in total. The van der Waals surface area contributed by atoms with Gasteiger partial charge in [-0.1, -0.05) is 0 Å². The van der Waals surface area contributed by atoms with Gasteiger partial charge in [0.25, 0.3) is 0 Å². The van der Waals surface area contributed by atoms with Crippen molar-refractivity contribution in [2.24, 2.45) is 0 Å². The second-order valence-corrected chi connectivity index (χ2v) is 4.49. The van der Waals surface area contributed by atoms with E-state index < -0.39 is 0 Å². The Morgan fingerprint density at radius 2 is 2.39 bits per heavy atom. The summed E-state index contributed by atoms with van der Waals surface area (Å²) in [4.78, 5) is 4.22. The number of hydrogen-bond donors (Lipinski definition) is 1. The number of rotatable bonds is 3. The Kier molecular flexibility index (Phi) is 3.17. The van der Waals surface area contributed by atoms with E-state index in [9.17, 15) is 0 Å². The number of furan rings is 1. The van der Waals surface area contributed by atoms with Gasteiger partial charge >= 0.3 is 0 Å². The van der Waals surface area contributed by atoms with Crippen LogP contribution in [0, 0.1) is 0 Å². The van der Waals surface area contributed by atoms with Crippen LogP contribution in [0.25, 0.3) is 11.0 Å². The minimum atomic E-state index is 0.0673. The Morgan fingerprint density at radius 3 is 3.28 bits per heavy atom. The van der Waals surface area contributed by atoms with Crippen molar-refractivity contribution < 1.29 is 13.9 Å². The number of ether oxygens (including phenoxy) is 2. The lowest BCUT2D eigenvalue weighted by Gasteiger charge is -2.28. The van der Waals surface area contributed by atoms with Crippen LogP contribution in [0.4, 0.5) is 0 Å². The van der Waals surface area contributed by atoms with E-state index in [2.05, 4.69) is 10.3 Å². The Balaban J connectivity index is 1.67. The van der Waals surface area contributed by atoms with Crippen molar-refractivity contribution in [1.29, 1.82) is 0 Å². The van der Waals surface area contributed by atoms with Crippen LogP contribution < -0.4 is 10.1 Å². The summed E-state index contributed by atoms with van der Waals surface area (Å²) in [5, 5.41) is 4.21. The van der Waals surface area contributed by atoms with E-state index in [0.29, 0.717) is 12.5 Å². The summed E-state index contributed by atoms with van der Waals surface area (Å²) in [6, 6.07) is 3.68. The number of pyridine rings is 1. The highest BCUT2D eigenvalue weighted by molar-refractivity contribution is 5.81. The minimum Gasteiger partial charge on any atom is -0.474 e. The van der Waals surface area contributed by atoms with Crippen LogP contribution >= 0.6 is 0 Å². The molecule has 5 nitrogen and oxygen atoms in total. The van der Waals surface area contributed by atoms with Gasteiger partial charge in [0.05, 0.1) is 17.8 Å². The number of fused-ring (bicyclic) bond motifs is 1. The number of hydrogen-bond acceptors (Lipinski definition) is 5. The fraction of sp³-hybridized carbons (Fsp3) is 0.462. The van der Waals surface area contributed by atoms with Crippen LogP contribution in [0.3, 0.4) is 0 Å². The first kappa shape index (κ1) is 11.5. The first-order chi connectivity index (χ1) is 8.83. The van der Waals surface area contributed by atoms with Crippen molar-refractivity contribution in [3.8, 4) is 5.88 Å². The monoisotopic (exact) mass is 248 g/mol. The van der Waals surface area contributed by atoms with E-state index in [1.54, 1.807) is 12.5 Å². The molecule has 2 atom stereocenters. The van der Waals surface area contributed by atoms with Crippen LogP contribution in [0.1, 0.15) is 6.92 Å². The molecule has 0 saturated carbocycles. The third-order valence-corrected chi connectivity index (χ3v) is 2.98. The Hall–Kier alpha value is -1.59. The maximum atomic E-state index is 5.76. The summed E-state index contributed by atoms with van der Waals surface area (Å²) in [5.74, 6) is 0.600. The van der Waals surface area contributed by atoms with E-state index in [1.807, 2.05) is 19.1 Å². The lowest BCUT2D eigenvalue weighted by molar-refractivity contribution is -0.0474. The molecular weight excluding hydrogens is 232 g/mol. The predicted octanol–water partition coefficient (Wildman–Crippen LogP) is 1.58. The molecule has 3 rings (SSSR count). The van der Waals surface area contributed by atoms with Crippen LogP contribution in [-0.2, 0) is 4.74 Å². The number of nitrogens with zero attached hydrogens (tertiary/aromatic N) is 1. The maximum Gasteiger partial charge on any atom is 0.224 e. The van der Waals surface area contributed by atoms with Gasteiger partial charge in [0.1, 0.15) is 18.3 Å². The molecule has 0 radical (unpaired) electrons. The van der Waals surface area contributed by atoms with Crippen molar-refractivity contribution in [2.45, 2.75) is 19.1 Å². The van der Waals surface area contributed by atoms with Crippen molar-refractivity contribution in [1.82, 2.24) is 10.3 Å². The van der Waals surface area contributed by atoms with Crippen molar-refractivity contribution in [3.05, 3.63) is 24.6 Å². The fourth-order valence-corrected chi connectivity index (χ4v) is 2.13. The highest BCUT2D eigenvalue weighted by Gasteiger charge is 2.19. The second kappa shape index (κ2) is 4.96. The first-order valence-electron chi connectivity index (χ1n) is 6.14. The summed E-state index contributed by atoms with van der Waals surface area (Å²) >= 11 is 0. The van der Waals surface area contributed by atoms with E-state index in [4.69, 9.17) is 13.9 Å². The Bertz CT molecular complexity index is 526. The van der Waals surface area contributed by atoms with Gasteiger partial charge in [-0.25, -0.2) is 4.98 Å². The summed E-state index contributed by atoms with van der Waals surface area (Å²) in [5.41, 5.74) is 0.788. The topological polar surface area (TPSA) is 56.5 Å². The minimum absolute atomic E-state index is 0.0673. The molecule has 0 aliphatic carbocycles.